The third-order valence-electron chi connectivity index (χ3n) is 2.18. The van der Waals surface area contributed by atoms with Crippen LogP contribution in [0.2, 0.25) is 5.02 Å². The fourth-order valence-electron chi connectivity index (χ4n) is 1.29. The lowest BCUT2D eigenvalue weighted by atomic mass is 10.2. The van der Waals surface area contributed by atoms with Crippen molar-refractivity contribution in [3.63, 3.8) is 0 Å². The minimum absolute atomic E-state index is 0.120. The Morgan fingerprint density at radius 3 is 2.25 bits per heavy atom. The smallest absolute Gasteiger partial charge is 0.134 e. The minimum atomic E-state index is 0.120. The zero-order chi connectivity index (χ0) is 11.5. The van der Waals surface area contributed by atoms with Crippen LogP contribution in [-0.2, 0) is 0 Å². The van der Waals surface area contributed by atoms with E-state index in [1.54, 1.807) is 23.9 Å². The predicted molar refractivity (Wildman–Crippen MR) is 68.4 cm³/mol. The summed E-state index contributed by atoms with van der Waals surface area (Å²) in [6, 6.07) is 13.5. The summed E-state index contributed by atoms with van der Waals surface area (Å²) in [4.78, 5) is 2.18. The van der Waals surface area contributed by atoms with Gasteiger partial charge in [0.05, 0.1) is 5.02 Å². The van der Waals surface area contributed by atoms with E-state index in [0.717, 1.165) is 9.79 Å². The van der Waals surface area contributed by atoms with Crippen LogP contribution >= 0.6 is 23.4 Å². The number of benzene rings is 2. The maximum atomic E-state index is 9.30. The summed E-state index contributed by atoms with van der Waals surface area (Å²) in [5.41, 5.74) is 1.24. The summed E-state index contributed by atoms with van der Waals surface area (Å²) in [6.45, 7) is 2.06. The number of rotatable bonds is 2. The first kappa shape index (κ1) is 11.4. The Kier molecular flexibility index (Phi) is 3.42. The van der Waals surface area contributed by atoms with Crippen LogP contribution in [0.5, 0.6) is 5.75 Å². The molecule has 0 unspecified atom stereocenters. The highest BCUT2D eigenvalue weighted by molar-refractivity contribution is 7.99. The molecule has 0 heterocycles. The Labute approximate surface area is 104 Å². The number of phenols is 1. The van der Waals surface area contributed by atoms with Gasteiger partial charge in [0.25, 0.3) is 0 Å². The van der Waals surface area contributed by atoms with Gasteiger partial charge >= 0.3 is 0 Å². The average Bonchev–Trinajstić information content (AvgIpc) is 2.27. The lowest BCUT2D eigenvalue weighted by Crippen LogP contribution is -1.76. The first-order chi connectivity index (χ1) is 7.65. The molecule has 0 saturated carbocycles. The standard InChI is InChI=1S/C13H11ClOS/c1-9-2-4-10(5-3-9)16-11-6-7-13(15)12(14)8-11/h2-8,15H,1H3. The van der Waals surface area contributed by atoms with Crippen LogP contribution in [0, 0.1) is 6.92 Å². The second-order valence-corrected chi connectivity index (χ2v) is 5.08. The molecule has 16 heavy (non-hydrogen) atoms. The molecule has 0 fully saturated rings. The van der Waals surface area contributed by atoms with Crippen molar-refractivity contribution >= 4 is 23.4 Å². The average molecular weight is 251 g/mol. The number of hydrogen-bond acceptors (Lipinski definition) is 2. The van der Waals surface area contributed by atoms with Crippen molar-refractivity contribution < 1.29 is 5.11 Å². The molecule has 1 nitrogen and oxygen atoms in total. The quantitative estimate of drug-likeness (QED) is 0.847. The Morgan fingerprint density at radius 1 is 1.00 bits per heavy atom. The number of aryl methyl sites for hydroxylation is 1. The Balaban J connectivity index is 2.20. The van der Waals surface area contributed by atoms with Crippen molar-refractivity contribution in [1.29, 1.82) is 0 Å². The van der Waals surface area contributed by atoms with E-state index in [0.29, 0.717) is 5.02 Å². The van der Waals surface area contributed by atoms with E-state index in [4.69, 9.17) is 11.6 Å². The predicted octanol–water partition coefficient (Wildman–Crippen LogP) is 4.51. The molecule has 0 aliphatic carbocycles. The van der Waals surface area contributed by atoms with Gasteiger partial charge in [-0.15, -0.1) is 0 Å². The Morgan fingerprint density at radius 2 is 1.62 bits per heavy atom. The largest absolute Gasteiger partial charge is 0.506 e. The minimum Gasteiger partial charge on any atom is -0.506 e. The molecular formula is C13H11ClOS. The molecule has 0 amide bonds. The van der Waals surface area contributed by atoms with Crippen molar-refractivity contribution in [3.8, 4) is 5.75 Å². The monoisotopic (exact) mass is 250 g/mol. The van der Waals surface area contributed by atoms with Gasteiger partial charge in [-0.3, -0.25) is 0 Å². The van der Waals surface area contributed by atoms with E-state index in [1.807, 2.05) is 6.07 Å². The van der Waals surface area contributed by atoms with E-state index in [1.165, 1.54) is 5.56 Å². The highest BCUT2D eigenvalue weighted by Gasteiger charge is 2.01. The van der Waals surface area contributed by atoms with Crippen LogP contribution in [0.25, 0.3) is 0 Å². The van der Waals surface area contributed by atoms with Crippen molar-refractivity contribution in [3.05, 3.63) is 53.1 Å². The molecule has 0 aliphatic heterocycles. The zero-order valence-corrected chi connectivity index (χ0v) is 10.3. The number of halogens is 1. The van der Waals surface area contributed by atoms with Crippen molar-refractivity contribution in [2.45, 2.75) is 16.7 Å². The van der Waals surface area contributed by atoms with Gasteiger partial charge in [-0.2, -0.15) is 0 Å². The van der Waals surface area contributed by atoms with Gasteiger partial charge in [-0.1, -0.05) is 41.1 Å². The van der Waals surface area contributed by atoms with E-state index in [-0.39, 0.29) is 5.75 Å². The van der Waals surface area contributed by atoms with Crippen molar-refractivity contribution in [1.82, 2.24) is 0 Å². The van der Waals surface area contributed by atoms with Gasteiger partial charge in [0, 0.05) is 9.79 Å². The topological polar surface area (TPSA) is 20.2 Å². The molecule has 2 aromatic carbocycles. The third kappa shape index (κ3) is 2.71. The normalized spacial score (nSPS) is 10.4. The molecule has 3 heteroatoms. The molecule has 0 atom stereocenters. The molecule has 0 aliphatic rings. The molecule has 0 spiro atoms. The molecule has 2 aromatic rings. The molecular weight excluding hydrogens is 240 g/mol. The summed E-state index contributed by atoms with van der Waals surface area (Å²) < 4.78 is 0. The molecule has 1 N–H and O–H groups in total. The first-order valence-corrected chi connectivity index (χ1v) is 6.07. The number of hydrogen-bond donors (Lipinski definition) is 1. The fraction of sp³-hybridized carbons (Fsp3) is 0.0769. The van der Waals surface area contributed by atoms with Crippen LogP contribution in [0.1, 0.15) is 5.56 Å². The van der Waals surface area contributed by atoms with Crippen molar-refractivity contribution in [2.75, 3.05) is 0 Å². The van der Waals surface area contributed by atoms with E-state index < -0.39 is 0 Å². The van der Waals surface area contributed by atoms with E-state index in [9.17, 15) is 5.11 Å². The van der Waals surface area contributed by atoms with Gasteiger partial charge in [0.2, 0.25) is 0 Å². The van der Waals surface area contributed by atoms with E-state index in [2.05, 4.69) is 31.2 Å². The second kappa shape index (κ2) is 4.81. The third-order valence-corrected chi connectivity index (χ3v) is 3.48. The SMILES string of the molecule is Cc1ccc(Sc2ccc(O)c(Cl)c2)cc1. The van der Waals surface area contributed by atoms with E-state index >= 15 is 0 Å². The maximum Gasteiger partial charge on any atom is 0.134 e. The molecule has 82 valence electrons. The molecule has 0 aromatic heterocycles. The summed E-state index contributed by atoms with van der Waals surface area (Å²) in [5, 5.41) is 9.69. The molecule has 0 radical (unpaired) electrons. The lowest BCUT2D eigenvalue weighted by Gasteiger charge is -2.03. The van der Waals surface area contributed by atoms with Crippen LogP contribution in [0.15, 0.2) is 52.3 Å². The van der Waals surface area contributed by atoms with Crippen LogP contribution < -0.4 is 0 Å². The van der Waals surface area contributed by atoms with Gasteiger partial charge < -0.3 is 5.11 Å². The van der Waals surface area contributed by atoms with Crippen LogP contribution in [0.3, 0.4) is 0 Å². The first-order valence-electron chi connectivity index (χ1n) is 4.88. The summed E-state index contributed by atoms with van der Waals surface area (Å²) in [7, 11) is 0. The summed E-state index contributed by atoms with van der Waals surface area (Å²) >= 11 is 7.47. The summed E-state index contributed by atoms with van der Waals surface area (Å²) in [6.07, 6.45) is 0. The Hall–Kier alpha value is -1.12. The highest BCUT2D eigenvalue weighted by Crippen LogP contribution is 2.33. The zero-order valence-electron chi connectivity index (χ0n) is 8.77. The lowest BCUT2D eigenvalue weighted by molar-refractivity contribution is 0.475. The van der Waals surface area contributed by atoms with Gasteiger partial charge in [-0.05, 0) is 37.3 Å². The van der Waals surface area contributed by atoms with Gasteiger partial charge in [0.1, 0.15) is 5.75 Å². The fourth-order valence-corrected chi connectivity index (χ4v) is 2.40. The number of aromatic hydroxyl groups is 1. The Bertz CT molecular complexity index is 494. The summed E-state index contributed by atoms with van der Waals surface area (Å²) in [5.74, 6) is 0.120. The molecule has 0 bridgehead atoms. The number of phenolic OH excluding ortho intramolecular Hbond substituents is 1. The van der Waals surface area contributed by atoms with Gasteiger partial charge in [-0.25, -0.2) is 0 Å². The maximum absolute atomic E-state index is 9.30. The van der Waals surface area contributed by atoms with Gasteiger partial charge in [0.15, 0.2) is 0 Å². The van der Waals surface area contributed by atoms with Crippen molar-refractivity contribution in [2.24, 2.45) is 0 Å². The second-order valence-electron chi connectivity index (χ2n) is 3.53. The molecule has 2 rings (SSSR count). The van der Waals surface area contributed by atoms with Crippen LogP contribution in [0.4, 0.5) is 0 Å². The highest BCUT2D eigenvalue weighted by atomic mass is 35.5. The van der Waals surface area contributed by atoms with Crippen LogP contribution in [-0.4, -0.2) is 5.11 Å². The molecule has 0 saturated heterocycles.